The zero-order valence-corrected chi connectivity index (χ0v) is 15.0. The average molecular weight is 364 g/mol. The Labute approximate surface area is 150 Å². The first kappa shape index (κ1) is 18.2. The van der Waals surface area contributed by atoms with E-state index in [4.69, 9.17) is 16.3 Å². The second-order valence-corrected chi connectivity index (χ2v) is 6.66. The van der Waals surface area contributed by atoms with Gasteiger partial charge in [0.1, 0.15) is 0 Å². The van der Waals surface area contributed by atoms with E-state index in [1.54, 1.807) is 23.5 Å². The molecule has 0 aliphatic rings. The largest absolute Gasteiger partial charge is 0.449 e. The molecule has 1 N–H and O–H groups in total. The Morgan fingerprint density at radius 3 is 2.83 bits per heavy atom. The third-order valence-corrected chi connectivity index (χ3v) is 4.57. The number of halogens is 1. The van der Waals surface area contributed by atoms with Gasteiger partial charge in [-0.05, 0) is 48.6 Å². The maximum absolute atomic E-state index is 11.9. The van der Waals surface area contributed by atoms with Crippen molar-refractivity contribution in [1.29, 1.82) is 0 Å². The fraction of sp³-hybridized carbons (Fsp3) is 0.222. The monoisotopic (exact) mass is 363 g/mol. The van der Waals surface area contributed by atoms with Crippen LogP contribution in [0.15, 0.2) is 41.8 Å². The van der Waals surface area contributed by atoms with Gasteiger partial charge >= 0.3 is 5.97 Å². The minimum absolute atomic E-state index is 0.330. The van der Waals surface area contributed by atoms with E-state index in [0.717, 1.165) is 16.0 Å². The molecule has 2 aromatic rings. The molecule has 0 saturated carbocycles. The highest BCUT2D eigenvalue weighted by atomic mass is 35.5. The van der Waals surface area contributed by atoms with Crippen molar-refractivity contribution in [3.05, 3.63) is 62.8 Å². The maximum Gasteiger partial charge on any atom is 0.331 e. The van der Waals surface area contributed by atoms with Crippen LogP contribution >= 0.6 is 22.9 Å². The number of rotatable bonds is 6. The van der Waals surface area contributed by atoms with Crippen molar-refractivity contribution in [2.24, 2.45) is 0 Å². The van der Waals surface area contributed by atoms with Gasteiger partial charge in [0.2, 0.25) is 0 Å². The Bertz CT molecular complexity index is 741. The van der Waals surface area contributed by atoms with Crippen molar-refractivity contribution in [3.63, 3.8) is 0 Å². The molecule has 1 heterocycles. The number of hydrogen-bond acceptors (Lipinski definition) is 4. The van der Waals surface area contributed by atoms with E-state index in [1.807, 2.05) is 36.6 Å². The molecule has 6 heteroatoms. The van der Waals surface area contributed by atoms with E-state index in [1.165, 1.54) is 13.0 Å². The lowest BCUT2D eigenvalue weighted by molar-refractivity contribution is -0.150. The van der Waals surface area contributed by atoms with Crippen LogP contribution in [-0.4, -0.2) is 18.0 Å². The quantitative estimate of drug-likeness (QED) is 0.624. The van der Waals surface area contributed by atoms with Gasteiger partial charge in [0.25, 0.3) is 5.91 Å². The molecule has 4 nitrogen and oxygen atoms in total. The summed E-state index contributed by atoms with van der Waals surface area (Å²) in [5, 5.41) is 5.30. The van der Waals surface area contributed by atoms with E-state index >= 15 is 0 Å². The minimum Gasteiger partial charge on any atom is -0.449 e. The molecule has 0 radical (unpaired) electrons. The highest BCUT2D eigenvalue weighted by Crippen LogP contribution is 2.17. The molecule has 1 atom stereocenters. The smallest absolute Gasteiger partial charge is 0.331 e. The average Bonchev–Trinajstić information content (AvgIpc) is 3.07. The van der Waals surface area contributed by atoms with Crippen molar-refractivity contribution in [3.8, 4) is 0 Å². The van der Waals surface area contributed by atoms with Crippen molar-refractivity contribution >= 4 is 40.9 Å². The number of carbonyl (C=O) groups is 2. The molecule has 24 heavy (non-hydrogen) atoms. The van der Waals surface area contributed by atoms with Gasteiger partial charge in [0, 0.05) is 16.0 Å². The summed E-state index contributed by atoms with van der Waals surface area (Å²) in [6.07, 6.45) is 2.03. The number of carbonyl (C=O) groups excluding carboxylic acids is 2. The lowest BCUT2D eigenvalue weighted by Crippen LogP contribution is -2.34. The Kier molecular flexibility index (Phi) is 6.58. The van der Waals surface area contributed by atoms with Crippen LogP contribution in [0.25, 0.3) is 6.08 Å². The molecule has 0 spiro atoms. The molecule has 0 aliphatic carbocycles. The zero-order chi connectivity index (χ0) is 17.5. The van der Waals surface area contributed by atoms with Gasteiger partial charge in [0.15, 0.2) is 6.10 Å². The second-order valence-electron chi connectivity index (χ2n) is 5.22. The number of amides is 1. The van der Waals surface area contributed by atoms with Gasteiger partial charge in [-0.2, -0.15) is 0 Å². The first-order chi connectivity index (χ1) is 11.5. The summed E-state index contributed by atoms with van der Waals surface area (Å²) in [5.41, 5.74) is 1.75. The molecule has 1 aromatic carbocycles. The fourth-order valence-corrected chi connectivity index (χ4v) is 2.71. The van der Waals surface area contributed by atoms with Gasteiger partial charge in [-0.1, -0.05) is 29.8 Å². The van der Waals surface area contributed by atoms with Crippen LogP contribution in [0.4, 0.5) is 0 Å². The number of benzene rings is 1. The van der Waals surface area contributed by atoms with E-state index in [0.29, 0.717) is 11.6 Å². The number of aryl methyl sites for hydroxylation is 1. The van der Waals surface area contributed by atoms with Crippen molar-refractivity contribution in [1.82, 2.24) is 5.32 Å². The first-order valence-electron chi connectivity index (χ1n) is 7.40. The van der Waals surface area contributed by atoms with E-state index in [-0.39, 0.29) is 5.91 Å². The van der Waals surface area contributed by atoms with Crippen LogP contribution in [0.5, 0.6) is 0 Å². The van der Waals surface area contributed by atoms with Crippen LogP contribution < -0.4 is 5.32 Å². The third-order valence-electron chi connectivity index (χ3n) is 3.29. The molecule has 0 bridgehead atoms. The Balaban J connectivity index is 1.82. The summed E-state index contributed by atoms with van der Waals surface area (Å²) in [4.78, 5) is 24.7. The van der Waals surface area contributed by atoms with Crippen LogP contribution in [0.3, 0.4) is 0 Å². The van der Waals surface area contributed by atoms with E-state index < -0.39 is 12.1 Å². The van der Waals surface area contributed by atoms with Crippen molar-refractivity contribution in [2.45, 2.75) is 26.5 Å². The van der Waals surface area contributed by atoms with Gasteiger partial charge in [-0.25, -0.2) is 4.79 Å². The predicted octanol–water partition coefficient (Wildman–Crippen LogP) is 3.97. The Morgan fingerprint density at radius 1 is 1.38 bits per heavy atom. The minimum atomic E-state index is -0.858. The van der Waals surface area contributed by atoms with Gasteiger partial charge in [-0.15, -0.1) is 11.3 Å². The summed E-state index contributed by atoms with van der Waals surface area (Å²) >= 11 is 7.58. The lowest BCUT2D eigenvalue weighted by atomic mass is 10.1. The van der Waals surface area contributed by atoms with Crippen LogP contribution in [0, 0.1) is 6.92 Å². The summed E-state index contributed by atoms with van der Waals surface area (Å²) in [7, 11) is 0. The molecule has 0 aliphatic heterocycles. The van der Waals surface area contributed by atoms with E-state index in [2.05, 4.69) is 5.32 Å². The number of esters is 1. The maximum atomic E-state index is 11.9. The topological polar surface area (TPSA) is 55.4 Å². The normalized spacial score (nSPS) is 12.1. The molecule has 1 aromatic heterocycles. The second kappa shape index (κ2) is 8.66. The summed E-state index contributed by atoms with van der Waals surface area (Å²) in [5.74, 6) is -0.908. The number of nitrogens with one attached hydrogen (secondary N) is 1. The summed E-state index contributed by atoms with van der Waals surface area (Å²) < 4.78 is 5.09. The molecule has 0 saturated heterocycles. The third kappa shape index (κ3) is 5.51. The Morgan fingerprint density at radius 2 is 2.17 bits per heavy atom. The molecular formula is C18H18ClNO3S. The standard InChI is InChI=1S/C18H18ClNO3S/c1-12-5-6-14(10-16(12)19)7-8-17(21)23-13(2)18(22)20-11-15-4-3-9-24-15/h3-10,13H,11H2,1-2H3,(H,20,22)/b8-7+/t13-/m0/s1. The highest BCUT2D eigenvalue weighted by Gasteiger charge is 2.16. The van der Waals surface area contributed by atoms with Gasteiger partial charge < -0.3 is 10.1 Å². The van der Waals surface area contributed by atoms with Crippen LogP contribution in [0.1, 0.15) is 22.9 Å². The van der Waals surface area contributed by atoms with E-state index in [9.17, 15) is 9.59 Å². The SMILES string of the molecule is Cc1ccc(/C=C/C(=O)O[C@@H](C)C(=O)NCc2cccs2)cc1Cl. The zero-order valence-electron chi connectivity index (χ0n) is 13.4. The molecule has 2 rings (SSSR count). The molecule has 0 unspecified atom stereocenters. The molecule has 0 fully saturated rings. The summed E-state index contributed by atoms with van der Waals surface area (Å²) in [6, 6.07) is 9.32. The van der Waals surface area contributed by atoms with Crippen LogP contribution in [0.2, 0.25) is 5.02 Å². The van der Waals surface area contributed by atoms with Crippen molar-refractivity contribution < 1.29 is 14.3 Å². The lowest BCUT2D eigenvalue weighted by Gasteiger charge is -2.11. The fourth-order valence-electron chi connectivity index (χ4n) is 1.88. The molecule has 126 valence electrons. The number of ether oxygens (including phenoxy) is 1. The summed E-state index contributed by atoms with van der Waals surface area (Å²) in [6.45, 7) is 3.87. The van der Waals surface area contributed by atoms with Gasteiger partial charge in [-0.3, -0.25) is 4.79 Å². The highest BCUT2D eigenvalue weighted by molar-refractivity contribution is 7.09. The van der Waals surface area contributed by atoms with Gasteiger partial charge in [0.05, 0.1) is 6.54 Å². The first-order valence-corrected chi connectivity index (χ1v) is 8.66. The molecule has 1 amide bonds. The molecular weight excluding hydrogens is 346 g/mol. The van der Waals surface area contributed by atoms with Crippen LogP contribution in [-0.2, 0) is 20.9 Å². The Hall–Kier alpha value is -2.11. The number of hydrogen-bond donors (Lipinski definition) is 1. The number of thiophene rings is 1. The van der Waals surface area contributed by atoms with Crippen molar-refractivity contribution in [2.75, 3.05) is 0 Å². The predicted molar refractivity (Wildman–Crippen MR) is 96.9 cm³/mol.